The maximum absolute atomic E-state index is 10.7. The number of nitrogens with one attached hydrogen (secondary N) is 2. The van der Waals surface area contributed by atoms with Crippen molar-refractivity contribution in [2.24, 2.45) is 10.1 Å². The van der Waals surface area contributed by atoms with E-state index < -0.39 is 5.03 Å². The first-order chi connectivity index (χ1) is 17.0. The molecule has 35 heavy (non-hydrogen) atoms. The molecule has 0 amide bonds. The van der Waals surface area contributed by atoms with E-state index in [1.54, 1.807) is 0 Å². The van der Waals surface area contributed by atoms with Crippen LogP contribution >= 0.6 is 0 Å². The molecule has 0 spiro atoms. The largest absolute Gasteiger partial charge is 0.476 e. The van der Waals surface area contributed by atoms with Crippen molar-refractivity contribution in [3.05, 3.63) is 63.3 Å². The molecule has 0 bridgehead atoms. The fourth-order valence-corrected chi connectivity index (χ4v) is 3.48. The van der Waals surface area contributed by atoms with E-state index in [1.165, 1.54) is 5.56 Å². The minimum atomic E-state index is -0.733. The van der Waals surface area contributed by atoms with Crippen LogP contribution in [-0.2, 0) is 11.3 Å². The van der Waals surface area contributed by atoms with Crippen LogP contribution in [0.3, 0.4) is 0 Å². The van der Waals surface area contributed by atoms with Crippen molar-refractivity contribution in [3.63, 3.8) is 0 Å². The number of aryl methyl sites for hydroxylation is 1. The second kappa shape index (κ2) is 13.9. The summed E-state index contributed by atoms with van der Waals surface area (Å²) in [6.45, 7) is 8.53. The van der Waals surface area contributed by atoms with Crippen molar-refractivity contribution in [3.8, 4) is 5.88 Å². The lowest BCUT2D eigenvalue weighted by Crippen LogP contribution is -2.40. The summed E-state index contributed by atoms with van der Waals surface area (Å²) in [5, 5.41) is 19.1. The van der Waals surface area contributed by atoms with Crippen LogP contribution in [0.1, 0.15) is 30.2 Å². The second-order valence-electron chi connectivity index (χ2n) is 8.03. The molecule has 0 radical (unpaired) electrons. The molecule has 1 aromatic heterocycles. The summed E-state index contributed by atoms with van der Waals surface area (Å²) in [5.74, 6) is 0.590. The van der Waals surface area contributed by atoms with E-state index in [2.05, 4.69) is 49.7 Å². The number of hydrogen-bond donors (Lipinski definition) is 2. The first-order valence-electron chi connectivity index (χ1n) is 11.8. The average molecular weight is 484 g/mol. The summed E-state index contributed by atoms with van der Waals surface area (Å²) in [5.41, 5.74) is 4.02. The molecule has 3 rings (SSSR count). The zero-order chi connectivity index (χ0) is 24.9. The molecule has 0 saturated carbocycles. The molecule has 1 aliphatic heterocycles. The molecule has 0 unspecified atom stereocenters. The Morgan fingerprint density at radius 3 is 2.80 bits per heavy atom. The molecule has 2 heterocycles. The number of anilines is 1. The molecular weight excluding hydrogens is 450 g/mol. The number of hydrogen-bond acceptors (Lipinski definition) is 7. The summed E-state index contributed by atoms with van der Waals surface area (Å²) in [4.78, 5) is 22.1. The van der Waals surface area contributed by atoms with Crippen LogP contribution in [0.5, 0.6) is 5.88 Å². The van der Waals surface area contributed by atoms with Crippen molar-refractivity contribution >= 4 is 17.9 Å². The maximum atomic E-state index is 10.7. The molecule has 0 atom stereocenters. The highest BCUT2D eigenvalue weighted by Crippen LogP contribution is 2.23. The van der Waals surface area contributed by atoms with Crippen molar-refractivity contribution in [1.29, 1.82) is 0 Å². The quantitative estimate of drug-likeness (QED) is 0.164. The zero-order valence-corrected chi connectivity index (χ0v) is 20.3. The van der Waals surface area contributed by atoms with E-state index in [-0.39, 0.29) is 12.6 Å². The molecule has 2 aromatic rings. The number of ether oxygens (including phenoxy) is 2. The minimum absolute atomic E-state index is 0.113. The first-order valence-corrected chi connectivity index (χ1v) is 11.8. The SMILES string of the molecule is CCCN/C(=N\[N+](=O)[O-])NCCOc1cc(N2CCOCC2)cc(CN=Cc2cccc(C)c2)n1. The number of nitrogens with zero attached hydrogens (tertiary/aromatic N) is 5. The number of morpholine rings is 1. The lowest BCUT2D eigenvalue weighted by Gasteiger charge is -2.29. The number of aliphatic imine (C=N–C) groups is 1. The topological polar surface area (TPSA) is 127 Å². The van der Waals surface area contributed by atoms with Crippen molar-refractivity contribution in [2.45, 2.75) is 26.8 Å². The van der Waals surface area contributed by atoms with Gasteiger partial charge in [0, 0.05) is 37.6 Å². The molecule has 1 fully saturated rings. The highest BCUT2D eigenvalue weighted by atomic mass is 16.7. The fourth-order valence-electron chi connectivity index (χ4n) is 3.48. The predicted molar refractivity (Wildman–Crippen MR) is 136 cm³/mol. The van der Waals surface area contributed by atoms with Crippen molar-refractivity contribution in [1.82, 2.24) is 15.6 Å². The average Bonchev–Trinajstić information content (AvgIpc) is 2.85. The number of rotatable bonds is 11. The zero-order valence-electron chi connectivity index (χ0n) is 20.3. The van der Waals surface area contributed by atoms with Crippen LogP contribution in [0.4, 0.5) is 5.69 Å². The van der Waals surface area contributed by atoms with E-state index in [9.17, 15) is 10.1 Å². The summed E-state index contributed by atoms with van der Waals surface area (Å²) in [6.07, 6.45) is 2.67. The monoisotopic (exact) mass is 483 g/mol. The van der Waals surface area contributed by atoms with Crippen LogP contribution in [0.25, 0.3) is 0 Å². The standard InChI is InChI=1S/C24H33N7O4/c1-3-7-26-24(29-31(32)33)27-8-11-35-23-16-22(30-9-12-34-13-10-30)15-21(28-23)18-25-17-20-6-4-5-19(2)14-20/h4-6,14-17H,3,7-13,18H2,1-2H3,(H2,26,27,29). The summed E-state index contributed by atoms with van der Waals surface area (Å²) in [6, 6.07) is 12.1. The van der Waals surface area contributed by atoms with Crippen LogP contribution in [-0.4, -0.2) is 68.2 Å². The van der Waals surface area contributed by atoms with Gasteiger partial charge in [0.25, 0.3) is 5.96 Å². The smallest absolute Gasteiger partial charge is 0.268 e. The van der Waals surface area contributed by atoms with E-state index >= 15 is 0 Å². The molecular formula is C24H33N7O4. The molecule has 1 aliphatic rings. The van der Waals surface area contributed by atoms with Crippen LogP contribution in [0.15, 0.2) is 46.5 Å². The van der Waals surface area contributed by atoms with Gasteiger partial charge in [-0.1, -0.05) is 36.8 Å². The third-order valence-electron chi connectivity index (χ3n) is 5.12. The third kappa shape index (κ3) is 9.20. The Morgan fingerprint density at radius 1 is 1.26 bits per heavy atom. The van der Waals surface area contributed by atoms with Gasteiger partial charge in [0.15, 0.2) is 5.03 Å². The number of hydrazone groups is 1. The van der Waals surface area contributed by atoms with Crippen molar-refractivity contribution in [2.75, 3.05) is 50.9 Å². The van der Waals surface area contributed by atoms with Crippen LogP contribution < -0.4 is 20.3 Å². The number of aromatic nitrogens is 1. The minimum Gasteiger partial charge on any atom is -0.476 e. The molecule has 11 nitrogen and oxygen atoms in total. The second-order valence-corrected chi connectivity index (χ2v) is 8.03. The third-order valence-corrected chi connectivity index (χ3v) is 5.12. The Labute approximate surface area is 205 Å². The van der Waals surface area contributed by atoms with Gasteiger partial charge in [-0.3, -0.25) is 4.99 Å². The molecule has 2 N–H and O–H groups in total. The number of guanidine groups is 1. The number of benzene rings is 1. The predicted octanol–water partition coefficient (Wildman–Crippen LogP) is 2.36. The normalized spacial score (nSPS) is 14.2. The molecule has 11 heteroatoms. The van der Waals surface area contributed by atoms with Gasteiger partial charge in [-0.25, -0.2) is 15.1 Å². The Kier molecular flexibility index (Phi) is 10.2. The number of nitro groups is 1. The summed E-state index contributed by atoms with van der Waals surface area (Å²) >= 11 is 0. The highest BCUT2D eigenvalue weighted by Gasteiger charge is 2.14. The Morgan fingerprint density at radius 2 is 2.06 bits per heavy atom. The Balaban J connectivity index is 1.65. The summed E-state index contributed by atoms with van der Waals surface area (Å²) in [7, 11) is 0. The molecule has 1 saturated heterocycles. The van der Waals surface area contributed by atoms with Gasteiger partial charge in [0.1, 0.15) is 11.7 Å². The molecule has 0 aliphatic carbocycles. The van der Waals surface area contributed by atoms with E-state index in [4.69, 9.17) is 9.47 Å². The lowest BCUT2D eigenvalue weighted by atomic mass is 10.1. The Hall–Kier alpha value is -3.73. The van der Waals surface area contributed by atoms with Gasteiger partial charge in [0.2, 0.25) is 5.88 Å². The van der Waals surface area contributed by atoms with E-state index in [1.807, 2.05) is 37.4 Å². The van der Waals surface area contributed by atoms with Gasteiger partial charge in [-0.15, -0.1) is 0 Å². The van der Waals surface area contributed by atoms with Gasteiger partial charge < -0.3 is 25.0 Å². The molecule has 188 valence electrons. The lowest BCUT2D eigenvalue weighted by molar-refractivity contribution is -0.485. The summed E-state index contributed by atoms with van der Waals surface area (Å²) < 4.78 is 11.4. The maximum Gasteiger partial charge on any atom is 0.268 e. The molecule has 1 aromatic carbocycles. The fraction of sp³-hybridized carbons (Fsp3) is 0.458. The van der Waals surface area contributed by atoms with Gasteiger partial charge in [0.05, 0.1) is 32.0 Å². The van der Waals surface area contributed by atoms with Crippen molar-refractivity contribution < 1.29 is 14.5 Å². The number of pyridine rings is 1. The first kappa shape index (κ1) is 25.9. The van der Waals surface area contributed by atoms with E-state index in [0.29, 0.717) is 38.7 Å². The van der Waals surface area contributed by atoms with E-state index in [0.717, 1.165) is 36.5 Å². The van der Waals surface area contributed by atoms with Gasteiger partial charge >= 0.3 is 0 Å². The van der Waals surface area contributed by atoms with Gasteiger partial charge in [-0.2, -0.15) is 0 Å². The highest BCUT2D eigenvalue weighted by molar-refractivity contribution is 5.80. The van der Waals surface area contributed by atoms with Crippen LogP contribution in [0, 0.1) is 17.0 Å². The Bertz CT molecular complexity index is 1020. The van der Waals surface area contributed by atoms with Crippen LogP contribution in [0.2, 0.25) is 0 Å². The van der Waals surface area contributed by atoms with Gasteiger partial charge in [-0.05, 0) is 25.0 Å².